The standard InChI is InChI=1S/C77H128O6/c1-4-7-10-13-16-19-22-25-28-31-33-34-35-36-37-38-39-40-41-42-44-46-49-52-55-58-61-64-67-70-76(79)82-73-74(72-81-75(78)69-66-63-60-57-54-51-48-45-30-27-24-21-18-15-12-9-6-3)83-77(80)71-68-65-62-59-56-53-50-47-43-32-29-26-23-20-17-14-11-8-5-2/h7-8,10-11,16-17,19-20,25-30,33-34,36-37,39-40,43,47,74H,4-6,9,12-15,18,21-24,31-32,35,38,41-42,44-46,48-73H2,1-3H3/b10-7-,11-8-,19-16-,20-17-,28-25-,29-26-,30-27-,34-33-,37-36-,40-39-,47-43-. The van der Waals surface area contributed by atoms with E-state index in [1.165, 1.54) is 141 Å². The Labute approximate surface area is 513 Å². The van der Waals surface area contributed by atoms with Gasteiger partial charge in [-0.3, -0.25) is 14.4 Å². The molecule has 0 spiro atoms. The molecule has 0 rings (SSSR count). The van der Waals surface area contributed by atoms with Gasteiger partial charge < -0.3 is 14.2 Å². The largest absolute Gasteiger partial charge is 0.462 e. The summed E-state index contributed by atoms with van der Waals surface area (Å²) in [5, 5.41) is 0. The van der Waals surface area contributed by atoms with Gasteiger partial charge in [0.05, 0.1) is 0 Å². The first-order valence-corrected chi connectivity index (χ1v) is 34.7. The van der Waals surface area contributed by atoms with E-state index in [1.807, 2.05) is 0 Å². The van der Waals surface area contributed by atoms with E-state index in [-0.39, 0.29) is 31.1 Å². The third kappa shape index (κ3) is 68.2. The van der Waals surface area contributed by atoms with Crippen molar-refractivity contribution in [2.45, 2.75) is 322 Å². The summed E-state index contributed by atoms with van der Waals surface area (Å²) < 4.78 is 17.0. The Morgan fingerprint density at radius 1 is 0.253 bits per heavy atom. The molecule has 6 heteroatoms. The molecule has 0 radical (unpaired) electrons. The summed E-state index contributed by atoms with van der Waals surface area (Å²) in [5.74, 6) is -0.904. The molecule has 0 aliphatic carbocycles. The molecule has 0 fully saturated rings. The number of hydrogen-bond acceptors (Lipinski definition) is 6. The lowest BCUT2D eigenvalue weighted by atomic mass is 10.1. The molecule has 0 bridgehead atoms. The van der Waals surface area contributed by atoms with E-state index in [2.05, 4.69) is 154 Å². The maximum Gasteiger partial charge on any atom is 0.306 e. The predicted molar refractivity (Wildman–Crippen MR) is 362 cm³/mol. The highest BCUT2D eigenvalue weighted by atomic mass is 16.6. The average molecular weight is 1150 g/mol. The van der Waals surface area contributed by atoms with Crippen molar-refractivity contribution in [3.05, 3.63) is 134 Å². The zero-order chi connectivity index (χ0) is 59.9. The number of allylic oxidation sites excluding steroid dienone is 22. The van der Waals surface area contributed by atoms with Gasteiger partial charge in [0.25, 0.3) is 0 Å². The highest BCUT2D eigenvalue weighted by Crippen LogP contribution is 2.16. The second-order valence-corrected chi connectivity index (χ2v) is 22.7. The van der Waals surface area contributed by atoms with Crippen LogP contribution in [-0.2, 0) is 28.6 Å². The maximum atomic E-state index is 12.9. The van der Waals surface area contributed by atoms with Crippen LogP contribution >= 0.6 is 0 Å². The molecule has 6 nitrogen and oxygen atoms in total. The maximum absolute atomic E-state index is 12.9. The lowest BCUT2D eigenvalue weighted by Gasteiger charge is -2.18. The van der Waals surface area contributed by atoms with Crippen molar-refractivity contribution in [2.75, 3.05) is 13.2 Å². The van der Waals surface area contributed by atoms with Crippen LogP contribution in [0.25, 0.3) is 0 Å². The van der Waals surface area contributed by atoms with E-state index in [9.17, 15) is 14.4 Å². The van der Waals surface area contributed by atoms with Crippen LogP contribution < -0.4 is 0 Å². The third-order valence-electron chi connectivity index (χ3n) is 14.6. The third-order valence-corrected chi connectivity index (χ3v) is 14.6. The molecule has 1 atom stereocenters. The molecule has 0 aromatic heterocycles. The first-order valence-electron chi connectivity index (χ1n) is 34.7. The van der Waals surface area contributed by atoms with E-state index >= 15 is 0 Å². The van der Waals surface area contributed by atoms with Crippen molar-refractivity contribution in [3.8, 4) is 0 Å². The van der Waals surface area contributed by atoms with Gasteiger partial charge in [0.2, 0.25) is 0 Å². The summed E-state index contributed by atoms with van der Waals surface area (Å²) in [5.41, 5.74) is 0. The molecule has 0 saturated carbocycles. The Bertz CT molecular complexity index is 1750. The van der Waals surface area contributed by atoms with Gasteiger partial charge in [0.1, 0.15) is 13.2 Å². The van der Waals surface area contributed by atoms with Crippen LogP contribution in [0.4, 0.5) is 0 Å². The van der Waals surface area contributed by atoms with E-state index < -0.39 is 6.10 Å². The van der Waals surface area contributed by atoms with E-state index in [0.717, 1.165) is 135 Å². The van der Waals surface area contributed by atoms with Gasteiger partial charge in [-0.05, 0) is 135 Å². The number of carbonyl (C=O) groups is 3. The van der Waals surface area contributed by atoms with Crippen LogP contribution in [0, 0.1) is 0 Å². The Hall–Kier alpha value is -4.45. The molecule has 0 amide bonds. The average Bonchev–Trinajstić information content (AvgIpc) is 3.49. The first kappa shape index (κ1) is 78.5. The molecule has 0 aromatic carbocycles. The zero-order valence-corrected chi connectivity index (χ0v) is 54.2. The van der Waals surface area contributed by atoms with Gasteiger partial charge in [-0.15, -0.1) is 0 Å². The fourth-order valence-corrected chi connectivity index (χ4v) is 9.49. The van der Waals surface area contributed by atoms with Gasteiger partial charge in [-0.25, -0.2) is 0 Å². The highest BCUT2D eigenvalue weighted by Gasteiger charge is 2.19. The fourth-order valence-electron chi connectivity index (χ4n) is 9.49. The van der Waals surface area contributed by atoms with Crippen molar-refractivity contribution in [1.82, 2.24) is 0 Å². The monoisotopic (exact) mass is 1150 g/mol. The van der Waals surface area contributed by atoms with Gasteiger partial charge in [-0.2, -0.15) is 0 Å². The molecule has 0 N–H and O–H groups in total. The van der Waals surface area contributed by atoms with Crippen LogP contribution in [0.3, 0.4) is 0 Å². The lowest BCUT2D eigenvalue weighted by molar-refractivity contribution is -0.167. The minimum atomic E-state index is -0.796. The van der Waals surface area contributed by atoms with Crippen molar-refractivity contribution < 1.29 is 28.6 Å². The summed E-state index contributed by atoms with van der Waals surface area (Å²) in [6, 6.07) is 0. The van der Waals surface area contributed by atoms with E-state index in [4.69, 9.17) is 14.2 Å². The van der Waals surface area contributed by atoms with Crippen LogP contribution in [0.2, 0.25) is 0 Å². The molecule has 0 aliphatic rings. The Kier molecular flexibility index (Phi) is 66.3. The second-order valence-electron chi connectivity index (χ2n) is 22.7. The minimum absolute atomic E-state index is 0.0893. The number of unbranched alkanes of at least 4 members (excludes halogenated alkanes) is 29. The fraction of sp³-hybridized carbons (Fsp3) is 0.675. The van der Waals surface area contributed by atoms with Crippen molar-refractivity contribution in [3.63, 3.8) is 0 Å². The van der Waals surface area contributed by atoms with Crippen LogP contribution in [-0.4, -0.2) is 37.2 Å². The predicted octanol–water partition coefficient (Wildman–Crippen LogP) is 24.1. The number of carbonyl (C=O) groups excluding carboxylic acids is 3. The molecule has 83 heavy (non-hydrogen) atoms. The molecule has 0 heterocycles. The zero-order valence-electron chi connectivity index (χ0n) is 54.2. The molecule has 472 valence electrons. The smallest absolute Gasteiger partial charge is 0.306 e. The Balaban J connectivity index is 4.38. The summed E-state index contributed by atoms with van der Waals surface area (Å²) in [7, 11) is 0. The molecule has 0 saturated heterocycles. The summed E-state index contributed by atoms with van der Waals surface area (Å²) >= 11 is 0. The summed E-state index contributed by atoms with van der Waals surface area (Å²) in [6.07, 6.45) is 98.9. The quantitative estimate of drug-likeness (QED) is 0.0261. The summed E-state index contributed by atoms with van der Waals surface area (Å²) in [4.78, 5) is 38.5. The van der Waals surface area contributed by atoms with Gasteiger partial charge in [-0.1, -0.05) is 296 Å². The van der Waals surface area contributed by atoms with Crippen molar-refractivity contribution >= 4 is 17.9 Å². The van der Waals surface area contributed by atoms with Crippen LogP contribution in [0.15, 0.2) is 134 Å². The molecule has 0 aromatic rings. The minimum Gasteiger partial charge on any atom is -0.462 e. The number of ether oxygens (including phenoxy) is 3. The Morgan fingerprint density at radius 2 is 0.470 bits per heavy atom. The van der Waals surface area contributed by atoms with Crippen LogP contribution in [0.5, 0.6) is 0 Å². The molecular weight excluding hydrogens is 1020 g/mol. The molecular formula is C77H128O6. The summed E-state index contributed by atoms with van der Waals surface area (Å²) in [6.45, 7) is 6.41. The van der Waals surface area contributed by atoms with Gasteiger partial charge in [0.15, 0.2) is 6.10 Å². The topological polar surface area (TPSA) is 78.9 Å². The van der Waals surface area contributed by atoms with Crippen molar-refractivity contribution in [2.24, 2.45) is 0 Å². The number of esters is 3. The lowest BCUT2D eigenvalue weighted by Crippen LogP contribution is -2.30. The Morgan fingerprint density at radius 3 is 0.747 bits per heavy atom. The normalized spacial score (nSPS) is 13.0. The van der Waals surface area contributed by atoms with E-state index in [1.54, 1.807) is 0 Å². The van der Waals surface area contributed by atoms with E-state index in [0.29, 0.717) is 19.3 Å². The van der Waals surface area contributed by atoms with Crippen LogP contribution in [0.1, 0.15) is 316 Å². The van der Waals surface area contributed by atoms with Crippen molar-refractivity contribution in [1.29, 1.82) is 0 Å². The van der Waals surface area contributed by atoms with Gasteiger partial charge >= 0.3 is 17.9 Å². The molecule has 0 aliphatic heterocycles. The van der Waals surface area contributed by atoms with Gasteiger partial charge in [0, 0.05) is 19.3 Å². The number of rotatable bonds is 62. The molecule has 1 unspecified atom stereocenters. The highest BCUT2D eigenvalue weighted by molar-refractivity contribution is 5.71. The second kappa shape index (κ2) is 70.0. The number of hydrogen-bond donors (Lipinski definition) is 0. The first-order chi connectivity index (χ1) is 41.0. The SMILES string of the molecule is CC/C=C\C/C=C\C/C=C\C/C=C\C/C=C\C/C=C\CCCCCCCCCCCCC(=O)OCC(COC(=O)CCCCCCCCC/C=C\CCCCCCCC)OC(=O)CCCCCCCC/C=C\C/C=C\C/C=C\C/C=C\CC.